The van der Waals surface area contributed by atoms with Crippen molar-refractivity contribution < 1.29 is 14.6 Å². The van der Waals surface area contributed by atoms with E-state index >= 15 is 0 Å². The lowest BCUT2D eigenvalue weighted by molar-refractivity contribution is -0.136. The summed E-state index contributed by atoms with van der Waals surface area (Å²) in [6.07, 6.45) is 1.08. The normalized spacial score (nSPS) is 10.8. The fourth-order valence-electron chi connectivity index (χ4n) is 2.27. The average molecular weight is 308 g/mol. The van der Waals surface area contributed by atoms with Crippen molar-refractivity contribution in [2.45, 2.75) is 46.2 Å². The number of benzene rings is 1. The molecule has 0 amide bonds. The van der Waals surface area contributed by atoms with E-state index in [-0.39, 0.29) is 6.42 Å². The molecule has 1 aromatic rings. The highest BCUT2D eigenvalue weighted by atomic mass is 16.5. The van der Waals surface area contributed by atoms with E-state index in [2.05, 4.69) is 37.1 Å². The number of carboxylic acid groups (broad SMARTS) is 1. The van der Waals surface area contributed by atoms with E-state index in [0.717, 1.165) is 36.5 Å². The molecule has 1 aromatic carbocycles. The first-order chi connectivity index (χ1) is 10.5. The lowest BCUT2D eigenvalue weighted by Crippen LogP contribution is -2.27. The molecule has 0 saturated heterocycles. The van der Waals surface area contributed by atoms with Gasteiger partial charge in [-0.2, -0.15) is 0 Å². The molecule has 5 heteroatoms. The molecular formula is C17H28N2O3. The van der Waals surface area contributed by atoms with E-state index in [0.29, 0.717) is 12.6 Å². The van der Waals surface area contributed by atoms with E-state index in [1.807, 2.05) is 12.1 Å². The first kappa shape index (κ1) is 18.3. The van der Waals surface area contributed by atoms with Crippen molar-refractivity contribution in [3.05, 3.63) is 23.8 Å². The Balaban J connectivity index is 2.91. The molecule has 0 aliphatic heterocycles. The van der Waals surface area contributed by atoms with Gasteiger partial charge in [0.05, 0.1) is 19.2 Å². The van der Waals surface area contributed by atoms with Crippen LogP contribution in [0.25, 0.3) is 0 Å². The van der Waals surface area contributed by atoms with E-state index < -0.39 is 5.97 Å². The number of nitrogens with one attached hydrogen (secondary N) is 1. The minimum absolute atomic E-state index is 0.125. The second-order valence-corrected chi connectivity index (χ2v) is 5.67. The van der Waals surface area contributed by atoms with Crippen LogP contribution in [0.1, 0.15) is 39.2 Å². The Hall–Kier alpha value is -1.75. The van der Waals surface area contributed by atoms with Gasteiger partial charge in [-0.25, -0.2) is 0 Å². The Bertz CT molecular complexity index is 475. The van der Waals surface area contributed by atoms with Gasteiger partial charge in [0.2, 0.25) is 0 Å². The topological polar surface area (TPSA) is 61.8 Å². The lowest BCUT2D eigenvalue weighted by atomic mass is 10.1. The van der Waals surface area contributed by atoms with E-state index in [1.54, 1.807) is 7.11 Å². The van der Waals surface area contributed by atoms with Crippen molar-refractivity contribution in [3.8, 4) is 5.75 Å². The first-order valence-corrected chi connectivity index (χ1v) is 7.85. The van der Waals surface area contributed by atoms with Gasteiger partial charge in [0.1, 0.15) is 5.75 Å². The largest absolute Gasteiger partial charge is 0.495 e. The van der Waals surface area contributed by atoms with Gasteiger partial charge in [0, 0.05) is 25.7 Å². The molecule has 0 aliphatic carbocycles. The fourth-order valence-corrected chi connectivity index (χ4v) is 2.27. The zero-order valence-electron chi connectivity index (χ0n) is 14.1. The summed E-state index contributed by atoms with van der Waals surface area (Å²) < 4.78 is 5.51. The van der Waals surface area contributed by atoms with Gasteiger partial charge in [-0.15, -0.1) is 0 Å². The van der Waals surface area contributed by atoms with Gasteiger partial charge in [-0.1, -0.05) is 26.8 Å². The number of nitrogens with zero attached hydrogens (tertiary/aromatic N) is 1. The molecule has 1 rings (SSSR count). The van der Waals surface area contributed by atoms with Crippen LogP contribution in [0.2, 0.25) is 0 Å². The van der Waals surface area contributed by atoms with Crippen LogP contribution in [-0.2, 0) is 11.3 Å². The van der Waals surface area contributed by atoms with Crippen molar-refractivity contribution in [2.75, 3.05) is 25.1 Å². The van der Waals surface area contributed by atoms with Gasteiger partial charge in [-0.05, 0) is 24.1 Å². The summed E-state index contributed by atoms with van der Waals surface area (Å²) >= 11 is 0. The van der Waals surface area contributed by atoms with E-state index in [1.165, 1.54) is 0 Å². The molecule has 124 valence electrons. The van der Waals surface area contributed by atoms with Crippen molar-refractivity contribution >= 4 is 11.7 Å². The zero-order valence-corrected chi connectivity index (χ0v) is 14.1. The van der Waals surface area contributed by atoms with Gasteiger partial charge in [0.25, 0.3) is 0 Å². The monoisotopic (exact) mass is 308 g/mol. The highest BCUT2D eigenvalue weighted by Crippen LogP contribution is 2.29. The smallest absolute Gasteiger partial charge is 0.305 e. The number of hydrogen-bond acceptors (Lipinski definition) is 4. The molecule has 0 radical (unpaired) electrons. The maximum atomic E-state index is 10.8. The van der Waals surface area contributed by atoms with E-state index in [9.17, 15) is 4.79 Å². The fraction of sp³-hybridized carbons (Fsp3) is 0.588. The summed E-state index contributed by atoms with van der Waals surface area (Å²) in [5, 5.41) is 12.3. The highest BCUT2D eigenvalue weighted by molar-refractivity contribution is 5.68. The SMILES string of the molecule is CCCN(CCC(=O)O)c1ccc(CNC(C)C)cc1OC. The minimum atomic E-state index is -0.780. The minimum Gasteiger partial charge on any atom is -0.495 e. The molecule has 0 aromatic heterocycles. The third kappa shape index (κ3) is 5.93. The van der Waals surface area contributed by atoms with Crippen LogP contribution >= 0.6 is 0 Å². The van der Waals surface area contributed by atoms with Gasteiger partial charge >= 0.3 is 5.97 Å². The van der Waals surface area contributed by atoms with Crippen molar-refractivity contribution in [3.63, 3.8) is 0 Å². The van der Waals surface area contributed by atoms with Gasteiger partial charge in [-0.3, -0.25) is 4.79 Å². The summed E-state index contributed by atoms with van der Waals surface area (Å²) in [4.78, 5) is 12.9. The summed E-state index contributed by atoms with van der Waals surface area (Å²) in [7, 11) is 1.65. The third-order valence-corrected chi connectivity index (χ3v) is 3.39. The molecule has 0 unspecified atom stereocenters. The predicted octanol–water partition coefficient (Wildman–Crippen LogP) is 2.88. The molecule has 2 N–H and O–H groups in total. The van der Waals surface area contributed by atoms with Crippen LogP contribution in [0.5, 0.6) is 5.75 Å². The summed E-state index contributed by atoms with van der Waals surface area (Å²) in [6.45, 7) is 8.40. The Kier molecular flexibility index (Phi) is 7.74. The number of rotatable bonds is 10. The maximum Gasteiger partial charge on any atom is 0.305 e. The second-order valence-electron chi connectivity index (χ2n) is 5.67. The molecule has 0 spiro atoms. The van der Waals surface area contributed by atoms with Crippen LogP contribution in [0.4, 0.5) is 5.69 Å². The molecular weight excluding hydrogens is 280 g/mol. The van der Waals surface area contributed by atoms with Gasteiger partial charge < -0.3 is 20.1 Å². The number of ether oxygens (including phenoxy) is 1. The number of carbonyl (C=O) groups is 1. The number of hydrogen-bond donors (Lipinski definition) is 2. The van der Waals surface area contributed by atoms with Crippen molar-refractivity contribution in [1.82, 2.24) is 5.32 Å². The Morgan fingerprint density at radius 3 is 2.64 bits per heavy atom. The number of anilines is 1. The number of methoxy groups -OCH3 is 1. The summed E-state index contributed by atoms with van der Waals surface area (Å²) in [6, 6.07) is 6.54. The molecule has 0 fully saturated rings. The average Bonchev–Trinajstić information content (AvgIpc) is 2.49. The Labute approximate surface area is 133 Å². The van der Waals surface area contributed by atoms with Gasteiger partial charge in [0.15, 0.2) is 0 Å². The van der Waals surface area contributed by atoms with Crippen LogP contribution < -0.4 is 15.0 Å². The molecule has 0 bridgehead atoms. The van der Waals surface area contributed by atoms with Crippen LogP contribution in [0.3, 0.4) is 0 Å². The third-order valence-electron chi connectivity index (χ3n) is 3.39. The molecule has 0 aliphatic rings. The van der Waals surface area contributed by atoms with E-state index in [4.69, 9.17) is 9.84 Å². The number of carboxylic acids is 1. The van der Waals surface area contributed by atoms with Crippen molar-refractivity contribution in [1.29, 1.82) is 0 Å². The lowest BCUT2D eigenvalue weighted by Gasteiger charge is -2.26. The first-order valence-electron chi connectivity index (χ1n) is 7.85. The standard InChI is InChI=1S/C17H28N2O3/c1-5-9-19(10-8-17(20)21)15-7-6-14(11-16(15)22-4)12-18-13(2)3/h6-7,11,13,18H,5,8-10,12H2,1-4H3,(H,20,21). The molecule has 5 nitrogen and oxygen atoms in total. The van der Waals surface area contributed by atoms with Crippen molar-refractivity contribution in [2.24, 2.45) is 0 Å². The Morgan fingerprint density at radius 2 is 2.09 bits per heavy atom. The molecule has 22 heavy (non-hydrogen) atoms. The second kappa shape index (κ2) is 9.30. The summed E-state index contributed by atoms with van der Waals surface area (Å²) in [5.41, 5.74) is 2.11. The predicted molar refractivity (Wildman–Crippen MR) is 89.7 cm³/mol. The summed E-state index contributed by atoms with van der Waals surface area (Å²) in [5.74, 6) is 0.0136. The van der Waals surface area contributed by atoms with Crippen LogP contribution in [-0.4, -0.2) is 37.3 Å². The highest BCUT2D eigenvalue weighted by Gasteiger charge is 2.13. The molecule has 0 saturated carbocycles. The zero-order chi connectivity index (χ0) is 16.5. The molecule has 0 heterocycles. The molecule has 0 atom stereocenters. The Morgan fingerprint density at radius 1 is 1.36 bits per heavy atom. The number of aliphatic carboxylic acids is 1. The van der Waals surface area contributed by atoms with Crippen LogP contribution in [0, 0.1) is 0 Å². The quantitative estimate of drug-likeness (QED) is 0.696. The maximum absolute atomic E-state index is 10.8. The van der Waals surface area contributed by atoms with Crippen LogP contribution in [0.15, 0.2) is 18.2 Å².